The first-order valence-electron chi connectivity index (χ1n) is 4.63. The molecule has 0 aliphatic carbocycles. The molecule has 0 amide bonds. The number of aromatic carboxylic acids is 2. The van der Waals surface area contributed by atoms with E-state index in [1.54, 1.807) is 0 Å². The number of carbonyl (C=O) groups excluding carboxylic acids is 1. The van der Waals surface area contributed by atoms with E-state index in [-0.39, 0.29) is 34.2 Å². The van der Waals surface area contributed by atoms with Gasteiger partial charge in [0, 0.05) is 6.42 Å². The van der Waals surface area contributed by atoms with Gasteiger partial charge in [-0.15, -0.1) is 0 Å². The molecule has 0 saturated carbocycles. The predicted octanol–water partition coefficient (Wildman–Crippen LogP) is 1.59. The second kappa shape index (κ2) is 5.58. The van der Waals surface area contributed by atoms with Crippen LogP contribution >= 0.6 is 15.9 Å². The molecule has 5 nitrogen and oxygen atoms in total. The molecule has 0 spiro atoms. The minimum Gasteiger partial charge on any atom is -0.478 e. The van der Waals surface area contributed by atoms with E-state index in [4.69, 9.17) is 10.2 Å². The molecule has 1 aromatic rings. The van der Waals surface area contributed by atoms with Crippen molar-refractivity contribution in [3.63, 3.8) is 0 Å². The zero-order chi connectivity index (χ0) is 13.0. The number of benzene rings is 1. The molecule has 6 heteroatoms. The quantitative estimate of drug-likeness (QED) is 0.806. The first kappa shape index (κ1) is 13.4. The van der Waals surface area contributed by atoms with Crippen LogP contribution in [0, 0.1) is 0 Å². The number of alkyl halides is 1. The fourth-order valence-corrected chi connectivity index (χ4v) is 1.64. The number of ketones is 1. The van der Waals surface area contributed by atoms with Crippen LogP contribution in [-0.2, 0) is 11.2 Å². The molecule has 0 unspecified atom stereocenters. The largest absolute Gasteiger partial charge is 0.478 e. The number of Topliss-reactive ketones (excluding diaryl/α,β-unsaturated/α-hetero) is 1. The van der Waals surface area contributed by atoms with E-state index < -0.39 is 11.9 Å². The summed E-state index contributed by atoms with van der Waals surface area (Å²) in [6, 6.07) is 4.07. The van der Waals surface area contributed by atoms with E-state index in [1.165, 1.54) is 18.2 Å². The van der Waals surface area contributed by atoms with Crippen LogP contribution in [0.1, 0.15) is 26.3 Å². The summed E-state index contributed by atoms with van der Waals surface area (Å²) in [4.78, 5) is 33.2. The van der Waals surface area contributed by atoms with Gasteiger partial charge in [-0.3, -0.25) is 4.79 Å². The average Bonchev–Trinajstić information content (AvgIpc) is 2.28. The fraction of sp³-hybridized carbons (Fsp3) is 0.182. The van der Waals surface area contributed by atoms with Gasteiger partial charge in [-0.25, -0.2) is 9.59 Å². The van der Waals surface area contributed by atoms with Crippen molar-refractivity contribution in [2.75, 3.05) is 5.33 Å². The highest BCUT2D eigenvalue weighted by Crippen LogP contribution is 2.16. The highest BCUT2D eigenvalue weighted by molar-refractivity contribution is 9.09. The van der Waals surface area contributed by atoms with E-state index in [0.717, 1.165) is 0 Å². The van der Waals surface area contributed by atoms with Gasteiger partial charge in [0.1, 0.15) is 5.78 Å². The monoisotopic (exact) mass is 300 g/mol. The lowest BCUT2D eigenvalue weighted by Crippen LogP contribution is -2.14. The van der Waals surface area contributed by atoms with Gasteiger partial charge in [-0.05, 0) is 11.6 Å². The van der Waals surface area contributed by atoms with Crippen molar-refractivity contribution in [3.8, 4) is 0 Å². The molecule has 2 N–H and O–H groups in total. The SMILES string of the molecule is O=C(CBr)Cc1cccc(C(=O)O)c1C(=O)O. The number of carboxylic acid groups (broad SMARTS) is 2. The van der Waals surface area contributed by atoms with Crippen molar-refractivity contribution >= 4 is 33.7 Å². The van der Waals surface area contributed by atoms with E-state index >= 15 is 0 Å². The third-order valence-corrected chi connectivity index (χ3v) is 2.76. The molecule has 1 aromatic carbocycles. The highest BCUT2D eigenvalue weighted by Gasteiger charge is 2.20. The molecule has 0 radical (unpaired) electrons. The average molecular weight is 301 g/mol. The first-order valence-corrected chi connectivity index (χ1v) is 5.75. The van der Waals surface area contributed by atoms with Gasteiger partial charge in [-0.1, -0.05) is 28.1 Å². The molecule has 0 aliphatic rings. The Hall–Kier alpha value is -1.69. The van der Waals surface area contributed by atoms with Crippen molar-refractivity contribution in [3.05, 3.63) is 34.9 Å². The molecule has 0 aromatic heterocycles. The summed E-state index contributed by atoms with van der Waals surface area (Å²) in [7, 11) is 0. The van der Waals surface area contributed by atoms with Gasteiger partial charge >= 0.3 is 11.9 Å². The smallest absolute Gasteiger partial charge is 0.336 e. The summed E-state index contributed by atoms with van der Waals surface area (Å²) in [5.74, 6) is -2.88. The number of carbonyl (C=O) groups is 3. The molecule has 0 saturated heterocycles. The van der Waals surface area contributed by atoms with Crippen LogP contribution in [0.15, 0.2) is 18.2 Å². The summed E-state index contributed by atoms with van der Waals surface area (Å²) in [5.41, 5.74) is -0.423. The van der Waals surface area contributed by atoms with Gasteiger partial charge in [0.25, 0.3) is 0 Å². The third kappa shape index (κ3) is 3.13. The summed E-state index contributed by atoms with van der Waals surface area (Å²) < 4.78 is 0. The second-order valence-electron chi connectivity index (χ2n) is 3.30. The van der Waals surface area contributed by atoms with Crippen LogP contribution in [0.2, 0.25) is 0 Å². The molecule has 0 fully saturated rings. The Morgan fingerprint density at radius 1 is 1.12 bits per heavy atom. The highest BCUT2D eigenvalue weighted by atomic mass is 79.9. The van der Waals surface area contributed by atoms with Crippen LogP contribution in [0.4, 0.5) is 0 Å². The third-order valence-electron chi connectivity index (χ3n) is 2.13. The van der Waals surface area contributed by atoms with Gasteiger partial charge in [0.15, 0.2) is 0 Å². The maximum atomic E-state index is 11.2. The Labute approximate surface area is 105 Å². The minimum atomic E-state index is -1.35. The number of hydrogen-bond acceptors (Lipinski definition) is 3. The number of carboxylic acids is 2. The van der Waals surface area contributed by atoms with E-state index in [0.29, 0.717) is 0 Å². The molecular weight excluding hydrogens is 292 g/mol. The normalized spacial score (nSPS) is 9.94. The Morgan fingerprint density at radius 3 is 2.24 bits per heavy atom. The summed E-state index contributed by atoms with van der Waals surface area (Å²) in [6.45, 7) is 0. The topological polar surface area (TPSA) is 91.7 Å². The lowest BCUT2D eigenvalue weighted by atomic mass is 9.97. The molecule has 17 heavy (non-hydrogen) atoms. The number of halogens is 1. The minimum absolute atomic E-state index is 0.101. The summed E-state index contributed by atoms with van der Waals surface area (Å²) >= 11 is 2.97. The van der Waals surface area contributed by atoms with Gasteiger partial charge in [0.2, 0.25) is 0 Å². The molecule has 0 aliphatic heterocycles. The second-order valence-corrected chi connectivity index (χ2v) is 3.86. The Bertz CT molecular complexity index is 481. The standard InChI is InChI=1S/C11H9BrO5/c12-5-7(13)4-6-2-1-3-8(10(14)15)9(6)11(16)17/h1-3H,4-5H2,(H,14,15)(H,16,17). The molecule has 0 atom stereocenters. The molecule has 1 rings (SSSR count). The van der Waals surface area contributed by atoms with Gasteiger partial charge in [-0.2, -0.15) is 0 Å². The van der Waals surface area contributed by atoms with Gasteiger partial charge < -0.3 is 10.2 Å². The van der Waals surface area contributed by atoms with Crippen LogP contribution in [-0.4, -0.2) is 33.3 Å². The summed E-state index contributed by atoms with van der Waals surface area (Å²) in [5, 5.41) is 18.0. The van der Waals surface area contributed by atoms with Crippen LogP contribution in [0.3, 0.4) is 0 Å². The molecular formula is C11H9BrO5. The fourth-order valence-electron chi connectivity index (χ4n) is 1.44. The Balaban J connectivity index is 3.30. The number of hydrogen-bond donors (Lipinski definition) is 2. The van der Waals surface area contributed by atoms with E-state index in [1.807, 2.05) is 0 Å². The van der Waals surface area contributed by atoms with Crippen molar-refractivity contribution < 1.29 is 24.6 Å². The van der Waals surface area contributed by atoms with Crippen LogP contribution < -0.4 is 0 Å². The first-order chi connectivity index (χ1) is 7.97. The van der Waals surface area contributed by atoms with Crippen LogP contribution in [0.25, 0.3) is 0 Å². The molecule has 90 valence electrons. The van der Waals surface area contributed by atoms with Crippen molar-refractivity contribution in [2.24, 2.45) is 0 Å². The Kier molecular flexibility index (Phi) is 4.39. The Morgan fingerprint density at radius 2 is 1.76 bits per heavy atom. The van der Waals surface area contributed by atoms with Crippen molar-refractivity contribution in [1.82, 2.24) is 0 Å². The lowest BCUT2D eigenvalue weighted by molar-refractivity contribution is -0.115. The predicted molar refractivity (Wildman–Crippen MR) is 62.9 cm³/mol. The van der Waals surface area contributed by atoms with Crippen LogP contribution in [0.5, 0.6) is 0 Å². The summed E-state index contributed by atoms with van der Waals surface area (Å²) in [6.07, 6.45) is -0.103. The van der Waals surface area contributed by atoms with Gasteiger partial charge in [0.05, 0.1) is 16.5 Å². The lowest BCUT2D eigenvalue weighted by Gasteiger charge is -2.07. The van der Waals surface area contributed by atoms with Crippen molar-refractivity contribution in [1.29, 1.82) is 0 Å². The molecule has 0 bridgehead atoms. The zero-order valence-electron chi connectivity index (χ0n) is 8.64. The maximum absolute atomic E-state index is 11.2. The van der Waals surface area contributed by atoms with E-state index in [9.17, 15) is 14.4 Å². The zero-order valence-corrected chi connectivity index (χ0v) is 10.2. The van der Waals surface area contributed by atoms with E-state index in [2.05, 4.69) is 15.9 Å². The molecule has 0 heterocycles. The number of rotatable bonds is 5. The van der Waals surface area contributed by atoms with Crippen molar-refractivity contribution in [2.45, 2.75) is 6.42 Å². The maximum Gasteiger partial charge on any atom is 0.336 e.